The summed E-state index contributed by atoms with van der Waals surface area (Å²) in [4.78, 5) is 15.8. The molecule has 0 unspecified atom stereocenters. The SMILES string of the molecule is COc1ccc(-c2nnc(SCC(=O)N(Cc3ccco3)Cc3cccs3)o2)cc1. The van der Waals surface area contributed by atoms with Crippen molar-refractivity contribution in [3.63, 3.8) is 0 Å². The molecule has 9 heteroatoms. The van der Waals surface area contributed by atoms with Crippen LogP contribution in [-0.2, 0) is 17.9 Å². The molecule has 154 valence electrons. The molecule has 0 saturated carbocycles. The molecule has 0 radical (unpaired) electrons. The average Bonchev–Trinajstić information content (AvgIpc) is 3.54. The fourth-order valence-corrected chi connectivity index (χ4v) is 4.13. The largest absolute Gasteiger partial charge is 0.497 e. The number of hydrogen-bond donors (Lipinski definition) is 0. The Labute approximate surface area is 181 Å². The van der Waals surface area contributed by atoms with E-state index in [1.807, 2.05) is 53.9 Å². The van der Waals surface area contributed by atoms with Crippen molar-refractivity contribution in [1.82, 2.24) is 15.1 Å². The standard InChI is InChI=1S/C21H19N3O4S2/c1-26-16-8-6-15(7-9-16)20-22-23-21(28-20)30-14-19(25)24(12-17-4-2-10-27-17)13-18-5-3-11-29-18/h2-11H,12-14H2,1H3. The minimum atomic E-state index is -0.0333. The van der Waals surface area contributed by atoms with Crippen LogP contribution < -0.4 is 4.74 Å². The zero-order valence-electron chi connectivity index (χ0n) is 16.2. The van der Waals surface area contributed by atoms with Crippen LogP contribution in [0.25, 0.3) is 11.5 Å². The van der Waals surface area contributed by atoms with E-state index >= 15 is 0 Å². The van der Waals surface area contributed by atoms with Crippen molar-refractivity contribution in [3.8, 4) is 17.2 Å². The van der Waals surface area contributed by atoms with E-state index in [0.717, 1.165) is 22.0 Å². The first-order chi connectivity index (χ1) is 14.7. The zero-order chi connectivity index (χ0) is 20.8. The van der Waals surface area contributed by atoms with Gasteiger partial charge in [-0.15, -0.1) is 21.5 Å². The predicted molar refractivity (Wildman–Crippen MR) is 114 cm³/mol. The van der Waals surface area contributed by atoms with Crippen molar-refractivity contribution in [2.24, 2.45) is 0 Å². The third-order valence-corrected chi connectivity index (χ3v) is 5.93. The van der Waals surface area contributed by atoms with E-state index in [1.165, 1.54) is 11.8 Å². The Morgan fingerprint density at radius 1 is 1.13 bits per heavy atom. The molecule has 0 saturated heterocycles. The Balaban J connectivity index is 1.39. The van der Waals surface area contributed by atoms with Gasteiger partial charge in [0.15, 0.2) is 0 Å². The van der Waals surface area contributed by atoms with Crippen LogP contribution in [0.5, 0.6) is 5.75 Å². The summed E-state index contributed by atoms with van der Waals surface area (Å²) in [5.41, 5.74) is 0.790. The van der Waals surface area contributed by atoms with Crippen LogP contribution in [0.1, 0.15) is 10.6 Å². The third kappa shape index (κ3) is 5.11. The summed E-state index contributed by atoms with van der Waals surface area (Å²) in [6, 6.07) is 15.0. The fraction of sp³-hybridized carbons (Fsp3) is 0.190. The number of rotatable bonds is 9. The van der Waals surface area contributed by atoms with Gasteiger partial charge in [0.25, 0.3) is 5.22 Å². The first kappa shape index (κ1) is 20.2. The topological polar surface area (TPSA) is 81.6 Å². The number of carbonyl (C=O) groups is 1. The van der Waals surface area contributed by atoms with Gasteiger partial charge in [0, 0.05) is 10.4 Å². The maximum atomic E-state index is 12.9. The minimum Gasteiger partial charge on any atom is -0.497 e. The number of carbonyl (C=O) groups excluding carboxylic acids is 1. The van der Waals surface area contributed by atoms with Gasteiger partial charge in [-0.1, -0.05) is 17.8 Å². The number of methoxy groups -OCH3 is 1. The molecule has 4 aromatic rings. The van der Waals surface area contributed by atoms with Crippen molar-refractivity contribution >= 4 is 29.0 Å². The number of nitrogens with zero attached hydrogens (tertiary/aromatic N) is 3. The lowest BCUT2D eigenvalue weighted by Crippen LogP contribution is -2.31. The van der Waals surface area contributed by atoms with Crippen LogP contribution >= 0.6 is 23.1 Å². The van der Waals surface area contributed by atoms with Crippen molar-refractivity contribution in [1.29, 1.82) is 0 Å². The zero-order valence-corrected chi connectivity index (χ0v) is 17.8. The van der Waals surface area contributed by atoms with Crippen LogP contribution in [0.3, 0.4) is 0 Å². The molecular weight excluding hydrogens is 422 g/mol. The molecule has 30 heavy (non-hydrogen) atoms. The number of thiophene rings is 1. The number of benzene rings is 1. The van der Waals surface area contributed by atoms with Gasteiger partial charge in [0.2, 0.25) is 11.8 Å². The summed E-state index contributed by atoms with van der Waals surface area (Å²) >= 11 is 2.84. The lowest BCUT2D eigenvalue weighted by atomic mass is 10.2. The van der Waals surface area contributed by atoms with Crippen LogP contribution in [-0.4, -0.2) is 33.9 Å². The molecule has 0 aliphatic rings. The quantitative estimate of drug-likeness (QED) is 0.348. The predicted octanol–water partition coefficient (Wildman–Crippen LogP) is 4.72. The monoisotopic (exact) mass is 441 g/mol. The second-order valence-electron chi connectivity index (χ2n) is 6.30. The normalized spacial score (nSPS) is 10.8. The minimum absolute atomic E-state index is 0.0333. The Morgan fingerprint density at radius 2 is 2.00 bits per heavy atom. The summed E-state index contributed by atoms with van der Waals surface area (Å²) in [5.74, 6) is 2.05. The molecule has 0 aliphatic heterocycles. The van der Waals surface area contributed by atoms with Crippen molar-refractivity contribution in [3.05, 3.63) is 70.8 Å². The average molecular weight is 442 g/mol. The third-order valence-electron chi connectivity index (χ3n) is 4.27. The summed E-state index contributed by atoms with van der Waals surface area (Å²) in [6.45, 7) is 0.934. The lowest BCUT2D eigenvalue weighted by molar-refractivity contribution is -0.129. The van der Waals surface area contributed by atoms with E-state index in [0.29, 0.717) is 24.2 Å². The number of amides is 1. The fourth-order valence-electron chi connectivity index (χ4n) is 2.75. The number of aromatic nitrogens is 2. The molecule has 1 aromatic carbocycles. The van der Waals surface area contributed by atoms with Gasteiger partial charge in [-0.3, -0.25) is 4.79 Å². The maximum absolute atomic E-state index is 12.9. The van der Waals surface area contributed by atoms with E-state index in [-0.39, 0.29) is 11.7 Å². The Hall–Kier alpha value is -3.04. The summed E-state index contributed by atoms with van der Waals surface area (Å²) in [7, 11) is 1.61. The van der Waals surface area contributed by atoms with E-state index in [9.17, 15) is 4.79 Å². The number of ether oxygens (including phenoxy) is 1. The molecule has 0 spiro atoms. The second-order valence-corrected chi connectivity index (χ2v) is 8.26. The molecule has 3 aromatic heterocycles. The van der Waals surface area contributed by atoms with E-state index < -0.39 is 0 Å². The van der Waals surface area contributed by atoms with Crippen molar-refractivity contribution < 1.29 is 18.4 Å². The number of hydrogen-bond acceptors (Lipinski definition) is 8. The Morgan fingerprint density at radius 3 is 2.70 bits per heavy atom. The first-order valence-electron chi connectivity index (χ1n) is 9.14. The van der Waals surface area contributed by atoms with Gasteiger partial charge in [0.1, 0.15) is 11.5 Å². The molecule has 0 atom stereocenters. The van der Waals surface area contributed by atoms with Crippen molar-refractivity contribution in [2.45, 2.75) is 18.3 Å². The number of thioether (sulfide) groups is 1. The number of furan rings is 1. The van der Waals surface area contributed by atoms with Gasteiger partial charge in [-0.05, 0) is 47.8 Å². The van der Waals surface area contributed by atoms with E-state index in [2.05, 4.69) is 10.2 Å². The van der Waals surface area contributed by atoms with E-state index in [1.54, 1.807) is 29.6 Å². The van der Waals surface area contributed by atoms with Gasteiger partial charge < -0.3 is 18.5 Å². The lowest BCUT2D eigenvalue weighted by Gasteiger charge is -2.20. The molecule has 0 bridgehead atoms. The molecule has 7 nitrogen and oxygen atoms in total. The molecule has 0 aliphatic carbocycles. The summed E-state index contributed by atoms with van der Waals surface area (Å²) in [6.07, 6.45) is 1.61. The van der Waals surface area contributed by atoms with Gasteiger partial charge in [0.05, 0.1) is 32.2 Å². The smallest absolute Gasteiger partial charge is 0.277 e. The Bertz CT molecular complexity index is 1020. The highest BCUT2D eigenvalue weighted by Crippen LogP contribution is 2.25. The van der Waals surface area contributed by atoms with Gasteiger partial charge in [-0.2, -0.15) is 0 Å². The van der Waals surface area contributed by atoms with Crippen LogP contribution in [0, 0.1) is 0 Å². The van der Waals surface area contributed by atoms with Gasteiger partial charge >= 0.3 is 0 Å². The second kappa shape index (κ2) is 9.64. The van der Waals surface area contributed by atoms with Crippen LogP contribution in [0.15, 0.2) is 74.2 Å². The summed E-state index contributed by atoms with van der Waals surface area (Å²) < 4.78 is 16.3. The van der Waals surface area contributed by atoms with E-state index in [4.69, 9.17) is 13.6 Å². The first-order valence-corrected chi connectivity index (χ1v) is 11.0. The van der Waals surface area contributed by atoms with Crippen LogP contribution in [0.4, 0.5) is 0 Å². The summed E-state index contributed by atoms with van der Waals surface area (Å²) in [5, 5.41) is 10.5. The molecule has 4 rings (SSSR count). The molecule has 0 fully saturated rings. The molecule has 0 N–H and O–H groups in total. The molecule has 3 heterocycles. The highest BCUT2D eigenvalue weighted by molar-refractivity contribution is 7.99. The van der Waals surface area contributed by atoms with Crippen LogP contribution in [0.2, 0.25) is 0 Å². The highest BCUT2D eigenvalue weighted by atomic mass is 32.2. The highest BCUT2D eigenvalue weighted by Gasteiger charge is 2.18. The molecule has 1 amide bonds. The Kier molecular flexibility index (Phi) is 6.50. The maximum Gasteiger partial charge on any atom is 0.277 e. The van der Waals surface area contributed by atoms with Gasteiger partial charge in [-0.25, -0.2) is 0 Å². The molecular formula is C21H19N3O4S2. The van der Waals surface area contributed by atoms with Crippen molar-refractivity contribution in [2.75, 3.05) is 12.9 Å².